The van der Waals surface area contributed by atoms with Crippen LogP contribution in [0.2, 0.25) is 0 Å². The molecule has 4 heteroatoms. The molecule has 7 heavy (non-hydrogen) atoms. The van der Waals surface area contributed by atoms with Crippen molar-refractivity contribution in [3.05, 3.63) is 0 Å². The number of nitrogens with zero attached hydrogens (tertiary/aromatic N) is 1. The van der Waals surface area contributed by atoms with Crippen LogP contribution in [0.15, 0.2) is 0 Å². The van der Waals surface area contributed by atoms with Crippen LogP contribution in [0.1, 0.15) is 0 Å². The molecule has 0 unspecified atom stereocenters. The van der Waals surface area contributed by atoms with Crippen molar-refractivity contribution in [1.29, 1.82) is 0 Å². The summed E-state index contributed by atoms with van der Waals surface area (Å²) in [6.45, 7) is 0. The van der Waals surface area contributed by atoms with Gasteiger partial charge in [-0.1, -0.05) is 0 Å². The van der Waals surface area contributed by atoms with E-state index in [0.717, 1.165) is 0 Å². The van der Waals surface area contributed by atoms with Crippen molar-refractivity contribution in [2.45, 2.75) is 0 Å². The molecule has 0 radical (unpaired) electrons. The Labute approximate surface area is 54.6 Å². The standard InChI is InChI=1S/C3H9N.Al.ClH.O/c1-4(2)3;;;/h1-3H3;;1H;/q;+1;;/p-1. The third-order valence-electron chi connectivity index (χ3n) is 0. The van der Waals surface area contributed by atoms with Gasteiger partial charge in [-0.05, 0) is 21.1 Å². The summed E-state index contributed by atoms with van der Waals surface area (Å²) in [7, 11) is 10.5. The Morgan fingerprint density at radius 1 is 1.43 bits per heavy atom. The molecule has 0 aromatic rings. The van der Waals surface area contributed by atoms with Gasteiger partial charge >= 0.3 is 28.1 Å². The summed E-state index contributed by atoms with van der Waals surface area (Å²) in [5, 5.41) is 0. The van der Waals surface area contributed by atoms with E-state index in [1.54, 1.807) is 0 Å². The van der Waals surface area contributed by atoms with Crippen LogP contribution in [0.25, 0.3) is 0 Å². The first-order valence-corrected chi connectivity index (χ1v) is 4.01. The van der Waals surface area contributed by atoms with E-state index in [9.17, 15) is 0 Å². The zero-order valence-corrected chi connectivity index (χ0v) is 6.72. The average Bonchev–Trinajstić information content (AvgIpc) is 1.33. The molecule has 0 spiro atoms. The van der Waals surface area contributed by atoms with Gasteiger partial charge in [0.15, 0.2) is 0 Å². The van der Waals surface area contributed by atoms with E-state index in [1.165, 1.54) is 0 Å². The molecule has 0 aliphatic heterocycles. The fourth-order valence-electron chi connectivity index (χ4n) is 0. The molecular formula is C3H9AlClNO. The van der Waals surface area contributed by atoms with Gasteiger partial charge in [-0.25, -0.2) is 0 Å². The van der Waals surface area contributed by atoms with Gasteiger partial charge < -0.3 is 4.90 Å². The maximum absolute atomic E-state index is 8.78. The summed E-state index contributed by atoms with van der Waals surface area (Å²) >= 11 is -1.03. The van der Waals surface area contributed by atoms with Crippen molar-refractivity contribution in [3.63, 3.8) is 0 Å². The Morgan fingerprint density at radius 2 is 1.43 bits per heavy atom. The molecule has 0 atom stereocenters. The Hall–Kier alpha value is 0.582. The van der Waals surface area contributed by atoms with Crippen molar-refractivity contribution in [3.8, 4) is 0 Å². The van der Waals surface area contributed by atoms with Crippen LogP contribution >= 0.6 is 10.0 Å². The minimum atomic E-state index is -1.03. The third-order valence-corrected chi connectivity index (χ3v) is 0. The van der Waals surface area contributed by atoms with Crippen LogP contribution in [0.3, 0.4) is 0 Å². The van der Waals surface area contributed by atoms with E-state index in [2.05, 4.69) is 10.0 Å². The first-order chi connectivity index (χ1) is 3.15. The molecule has 0 N–H and O–H groups in total. The second kappa shape index (κ2) is 9.77. The first kappa shape index (κ1) is 10.5. The molecule has 2 nitrogen and oxygen atoms in total. The van der Waals surface area contributed by atoms with Crippen LogP contribution in [0.5, 0.6) is 0 Å². The van der Waals surface area contributed by atoms with Crippen LogP contribution in [-0.4, -0.2) is 40.3 Å². The van der Waals surface area contributed by atoms with Crippen molar-refractivity contribution < 1.29 is 3.80 Å². The van der Waals surface area contributed by atoms with E-state index in [1.807, 2.05) is 26.0 Å². The van der Waals surface area contributed by atoms with E-state index in [4.69, 9.17) is 3.80 Å². The van der Waals surface area contributed by atoms with E-state index >= 15 is 0 Å². The summed E-state index contributed by atoms with van der Waals surface area (Å²) < 4.78 is 8.78. The molecule has 42 valence electrons. The molecule has 0 aliphatic rings. The van der Waals surface area contributed by atoms with Crippen LogP contribution in [0.4, 0.5) is 0 Å². The quantitative estimate of drug-likeness (QED) is 0.450. The molecule has 0 aromatic carbocycles. The predicted molar refractivity (Wildman–Crippen MR) is 31.9 cm³/mol. The average molecular weight is 138 g/mol. The van der Waals surface area contributed by atoms with Crippen LogP contribution in [0, 0.1) is 0 Å². The summed E-state index contributed by atoms with van der Waals surface area (Å²) in [6, 6.07) is 0. The van der Waals surface area contributed by atoms with Gasteiger partial charge in [0.2, 0.25) is 0 Å². The zero-order chi connectivity index (χ0) is 6.28. The maximum atomic E-state index is 8.78. The zero-order valence-electron chi connectivity index (χ0n) is 4.81. The molecule has 0 rings (SSSR count). The number of hydrogen-bond acceptors (Lipinski definition) is 2. The molecule has 0 aliphatic carbocycles. The van der Waals surface area contributed by atoms with Crippen molar-refractivity contribution in [2.75, 3.05) is 21.1 Å². The summed E-state index contributed by atoms with van der Waals surface area (Å²) in [5.41, 5.74) is 0. The van der Waals surface area contributed by atoms with Crippen molar-refractivity contribution in [2.24, 2.45) is 0 Å². The number of hydrogen-bond donors (Lipinski definition) is 0. The van der Waals surface area contributed by atoms with Crippen molar-refractivity contribution >= 4 is 24.3 Å². The Morgan fingerprint density at radius 3 is 1.43 bits per heavy atom. The number of halogens is 1. The fraction of sp³-hybridized carbons (Fsp3) is 1.00. The Bertz CT molecular complexity index is 39.2. The second-order valence-corrected chi connectivity index (χ2v) is 2.14. The molecule has 0 heterocycles. The molecule has 0 saturated carbocycles. The van der Waals surface area contributed by atoms with Gasteiger partial charge in [0.1, 0.15) is 0 Å². The molecule has 0 bridgehead atoms. The van der Waals surface area contributed by atoms with Gasteiger partial charge in [0.25, 0.3) is 0 Å². The van der Waals surface area contributed by atoms with Gasteiger partial charge in [-0.2, -0.15) is 0 Å². The molecule has 0 aromatic heterocycles. The monoisotopic (exact) mass is 137 g/mol. The normalized spacial score (nSPS) is 6.43. The van der Waals surface area contributed by atoms with E-state index in [0.29, 0.717) is 0 Å². The minimum absolute atomic E-state index is 1.03. The topological polar surface area (TPSA) is 20.3 Å². The predicted octanol–water partition coefficient (Wildman–Crippen LogP) is 0.368. The second-order valence-electron chi connectivity index (χ2n) is 1.43. The Kier molecular flexibility index (Phi) is 14.7. The molecule has 0 amide bonds. The third kappa shape index (κ3) is 407. The number of rotatable bonds is 0. The summed E-state index contributed by atoms with van der Waals surface area (Å²) in [6.07, 6.45) is 0. The van der Waals surface area contributed by atoms with Gasteiger partial charge in [-0.15, -0.1) is 0 Å². The SMILES string of the molecule is CN(C)C.[O]=[Al][Cl]. The van der Waals surface area contributed by atoms with Crippen LogP contribution in [-0.2, 0) is 3.80 Å². The van der Waals surface area contributed by atoms with Gasteiger partial charge in [0, 0.05) is 0 Å². The van der Waals surface area contributed by atoms with Crippen molar-refractivity contribution in [1.82, 2.24) is 4.90 Å². The van der Waals surface area contributed by atoms with E-state index in [-0.39, 0.29) is 0 Å². The fourth-order valence-corrected chi connectivity index (χ4v) is 0. The molecular weight excluding hydrogens is 128 g/mol. The first-order valence-electron chi connectivity index (χ1n) is 1.80. The summed E-state index contributed by atoms with van der Waals surface area (Å²) in [4.78, 5) is 2.00. The van der Waals surface area contributed by atoms with E-state index < -0.39 is 14.2 Å². The van der Waals surface area contributed by atoms with Crippen LogP contribution < -0.4 is 0 Å². The summed E-state index contributed by atoms with van der Waals surface area (Å²) in [5.74, 6) is 0. The van der Waals surface area contributed by atoms with Gasteiger partial charge in [0.05, 0.1) is 0 Å². The molecule has 0 saturated heterocycles. The van der Waals surface area contributed by atoms with Gasteiger partial charge in [-0.3, -0.25) is 0 Å². The Balaban J connectivity index is 0. The molecule has 0 fully saturated rings.